The van der Waals surface area contributed by atoms with Crippen LogP contribution >= 0.6 is 11.6 Å². The van der Waals surface area contributed by atoms with Gasteiger partial charge < -0.3 is 10.1 Å². The summed E-state index contributed by atoms with van der Waals surface area (Å²) in [6.07, 6.45) is -0.411. The van der Waals surface area contributed by atoms with Crippen molar-refractivity contribution >= 4 is 17.7 Å². The number of alkyl carbamates (subject to hydrolysis) is 1. The van der Waals surface area contributed by atoms with Crippen LogP contribution in [0.5, 0.6) is 0 Å². The van der Waals surface area contributed by atoms with Crippen molar-refractivity contribution in [1.82, 2.24) is 5.32 Å². The summed E-state index contributed by atoms with van der Waals surface area (Å²) in [6.45, 7) is 7.43. The second kappa shape index (κ2) is 6.10. The van der Waals surface area contributed by atoms with Gasteiger partial charge in [-0.1, -0.05) is 24.3 Å². The Morgan fingerprint density at radius 3 is 2.67 bits per heavy atom. The molecule has 3 nitrogen and oxygen atoms in total. The minimum atomic E-state index is -0.484. The van der Waals surface area contributed by atoms with Crippen LogP contribution in [0, 0.1) is 0 Å². The van der Waals surface area contributed by atoms with Gasteiger partial charge in [0.2, 0.25) is 0 Å². The van der Waals surface area contributed by atoms with Crippen molar-refractivity contribution in [1.29, 1.82) is 0 Å². The third kappa shape index (κ3) is 4.96. The number of benzene rings is 1. The molecule has 1 aromatic carbocycles. The van der Waals surface area contributed by atoms with E-state index in [-0.39, 0.29) is 6.04 Å². The molecular weight excluding hydrogens is 250 g/mol. The molecule has 0 saturated heterocycles. The highest BCUT2D eigenvalue weighted by atomic mass is 35.5. The minimum absolute atomic E-state index is 0.108. The lowest BCUT2D eigenvalue weighted by Crippen LogP contribution is -2.34. The van der Waals surface area contributed by atoms with Crippen molar-refractivity contribution in [3.63, 3.8) is 0 Å². The van der Waals surface area contributed by atoms with E-state index in [0.29, 0.717) is 5.88 Å². The Morgan fingerprint density at radius 1 is 1.44 bits per heavy atom. The van der Waals surface area contributed by atoms with Crippen LogP contribution in [0.15, 0.2) is 24.3 Å². The molecule has 0 fully saturated rings. The van der Waals surface area contributed by atoms with Gasteiger partial charge >= 0.3 is 6.09 Å². The lowest BCUT2D eigenvalue weighted by molar-refractivity contribution is 0.0508. The first-order chi connectivity index (χ1) is 8.31. The first-order valence-corrected chi connectivity index (χ1v) is 6.49. The molecule has 1 aromatic rings. The van der Waals surface area contributed by atoms with Gasteiger partial charge in [-0.3, -0.25) is 0 Å². The fraction of sp³-hybridized carbons (Fsp3) is 0.500. The Bertz CT molecular complexity index is 413. The van der Waals surface area contributed by atoms with Gasteiger partial charge in [-0.05, 0) is 38.8 Å². The predicted octanol–water partition coefficient (Wildman–Crippen LogP) is 4.01. The van der Waals surface area contributed by atoms with Crippen LogP contribution < -0.4 is 5.32 Å². The Labute approximate surface area is 113 Å². The summed E-state index contributed by atoms with van der Waals surface area (Å²) in [5, 5.41) is 2.80. The van der Waals surface area contributed by atoms with E-state index >= 15 is 0 Å². The van der Waals surface area contributed by atoms with E-state index < -0.39 is 11.7 Å². The van der Waals surface area contributed by atoms with E-state index in [2.05, 4.69) is 5.32 Å². The molecule has 0 unspecified atom stereocenters. The van der Waals surface area contributed by atoms with Crippen LogP contribution in [0.3, 0.4) is 0 Å². The number of carbonyl (C=O) groups excluding carboxylic acids is 1. The largest absolute Gasteiger partial charge is 0.444 e. The van der Waals surface area contributed by atoms with E-state index in [4.69, 9.17) is 16.3 Å². The van der Waals surface area contributed by atoms with Crippen LogP contribution in [0.2, 0.25) is 0 Å². The highest BCUT2D eigenvalue weighted by molar-refractivity contribution is 6.17. The van der Waals surface area contributed by atoms with E-state index in [1.807, 2.05) is 52.0 Å². The van der Waals surface area contributed by atoms with Crippen molar-refractivity contribution in [2.75, 3.05) is 0 Å². The number of rotatable bonds is 3. The maximum absolute atomic E-state index is 11.6. The molecule has 1 rings (SSSR count). The number of ether oxygens (including phenoxy) is 1. The van der Waals surface area contributed by atoms with E-state index in [9.17, 15) is 4.79 Å². The molecule has 0 aliphatic carbocycles. The van der Waals surface area contributed by atoms with Crippen LogP contribution in [0.1, 0.15) is 44.9 Å². The summed E-state index contributed by atoms with van der Waals surface area (Å²) in [7, 11) is 0. The fourth-order valence-corrected chi connectivity index (χ4v) is 1.68. The standard InChI is InChI=1S/C14H20ClNO2/c1-10(16-13(17)18-14(2,3)4)12-7-5-6-11(8-12)9-15/h5-8,10H,9H2,1-4H3,(H,16,17)/t10-/m0/s1. The molecule has 0 aromatic heterocycles. The van der Waals surface area contributed by atoms with E-state index in [1.165, 1.54) is 0 Å². The molecule has 0 aliphatic heterocycles. The molecule has 1 atom stereocenters. The average Bonchev–Trinajstić information content (AvgIpc) is 2.26. The molecule has 0 aliphatic rings. The van der Waals surface area contributed by atoms with E-state index in [1.54, 1.807) is 0 Å². The molecule has 4 heteroatoms. The monoisotopic (exact) mass is 269 g/mol. The summed E-state index contributed by atoms with van der Waals surface area (Å²) >= 11 is 5.78. The quantitative estimate of drug-likeness (QED) is 0.842. The maximum Gasteiger partial charge on any atom is 0.408 e. The van der Waals surface area contributed by atoms with Crippen LogP contribution in [0.25, 0.3) is 0 Å². The third-order valence-corrected chi connectivity index (χ3v) is 2.65. The van der Waals surface area contributed by atoms with Crippen molar-refractivity contribution in [3.05, 3.63) is 35.4 Å². The number of carbonyl (C=O) groups is 1. The van der Waals surface area contributed by atoms with Gasteiger partial charge in [0.1, 0.15) is 5.60 Å². The molecule has 1 N–H and O–H groups in total. The van der Waals surface area contributed by atoms with Crippen LogP contribution in [0.4, 0.5) is 4.79 Å². The average molecular weight is 270 g/mol. The summed E-state index contributed by atoms with van der Waals surface area (Å²) in [5.74, 6) is 0.465. The number of hydrogen-bond donors (Lipinski definition) is 1. The predicted molar refractivity (Wildman–Crippen MR) is 73.8 cm³/mol. The van der Waals surface area contributed by atoms with Gasteiger partial charge in [-0.15, -0.1) is 11.6 Å². The molecule has 0 heterocycles. The first kappa shape index (κ1) is 14.8. The minimum Gasteiger partial charge on any atom is -0.444 e. The highest BCUT2D eigenvalue weighted by Gasteiger charge is 2.18. The Morgan fingerprint density at radius 2 is 2.11 bits per heavy atom. The second-order valence-corrected chi connectivity index (χ2v) is 5.51. The van der Waals surface area contributed by atoms with Gasteiger partial charge in [0.25, 0.3) is 0 Å². The molecular formula is C14H20ClNO2. The Hall–Kier alpha value is -1.22. The number of hydrogen-bond acceptors (Lipinski definition) is 2. The molecule has 0 saturated carbocycles. The zero-order valence-electron chi connectivity index (χ0n) is 11.3. The summed E-state index contributed by atoms with van der Waals surface area (Å²) < 4.78 is 5.21. The number of nitrogens with one attached hydrogen (secondary N) is 1. The SMILES string of the molecule is C[C@H](NC(=O)OC(C)(C)C)c1cccc(CCl)c1. The fourth-order valence-electron chi connectivity index (χ4n) is 1.51. The third-order valence-electron chi connectivity index (χ3n) is 2.34. The smallest absolute Gasteiger partial charge is 0.408 e. The summed E-state index contributed by atoms with van der Waals surface area (Å²) in [5.41, 5.74) is 1.56. The van der Waals surface area contributed by atoms with Crippen molar-refractivity contribution < 1.29 is 9.53 Å². The van der Waals surface area contributed by atoms with E-state index in [0.717, 1.165) is 11.1 Å². The van der Waals surface area contributed by atoms with Crippen molar-refractivity contribution in [2.24, 2.45) is 0 Å². The summed E-state index contributed by atoms with van der Waals surface area (Å²) in [4.78, 5) is 11.6. The van der Waals surface area contributed by atoms with Crippen molar-refractivity contribution in [3.8, 4) is 0 Å². The lowest BCUT2D eigenvalue weighted by atomic mass is 10.1. The lowest BCUT2D eigenvalue weighted by Gasteiger charge is -2.22. The highest BCUT2D eigenvalue weighted by Crippen LogP contribution is 2.16. The molecule has 0 bridgehead atoms. The summed E-state index contributed by atoms with van der Waals surface area (Å²) in [6, 6.07) is 7.72. The normalized spacial score (nSPS) is 12.9. The van der Waals surface area contributed by atoms with Gasteiger partial charge in [-0.2, -0.15) is 0 Å². The zero-order valence-corrected chi connectivity index (χ0v) is 12.0. The van der Waals surface area contributed by atoms with Crippen LogP contribution in [-0.4, -0.2) is 11.7 Å². The van der Waals surface area contributed by atoms with Gasteiger partial charge in [-0.25, -0.2) is 4.79 Å². The second-order valence-electron chi connectivity index (χ2n) is 5.25. The van der Waals surface area contributed by atoms with Crippen LogP contribution in [-0.2, 0) is 10.6 Å². The topological polar surface area (TPSA) is 38.3 Å². The van der Waals surface area contributed by atoms with Gasteiger partial charge in [0, 0.05) is 5.88 Å². The van der Waals surface area contributed by atoms with Gasteiger partial charge in [0.15, 0.2) is 0 Å². The molecule has 18 heavy (non-hydrogen) atoms. The maximum atomic E-state index is 11.6. The molecule has 0 spiro atoms. The molecule has 1 amide bonds. The van der Waals surface area contributed by atoms with Gasteiger partial charge in [0.05, 0.1) is 6.04 Å². The number of alkyl halides is 1. The zero-order chi connectivity index (χ0) is 13.8. The first-order valence-electron chi connectivity index (χ1n) is 5.96. The Balaban J connectivity index is 2.64. The number of halogens is 1. The number of amides is 1. The molecule has 100 valence electrons. The van der Waals surface area contributed by atoms with Crippen molar-refractivity contribution in [2.45, 2.75) is 45.2 Å². The molecule has 0 radical (unpaired) electrons. The Kier molecular flexibility index (Phi) is 5.03.